The van der Waals surface area contributed by atoms with Gasteiger partial charge in [0.25, 0.3) is 0 Å². The number of aliphatic hydroxyl groups is 1. The van der Waals surface area contributed by atoms with Gasteiger partial charge in [0.05, 0.1) is 6.61 Å². The molecule has 0 amide bonds. The van der Waals surface area contributed by atoms with Gasteiger partial charge in [0, 0.05) is 39.0 Å². The van der Waals surface area contributed by atoms with Gasteiger partial charge in [-0.1, -0.05) is 0 Å². The highest BCUT2D eigenvalue weighted by Crippen LogP contribution is 2.40. The van der Waals surface area contributed by atoms with Gasteiger partial charge in [-0.15, -0.1) is 0 Å². The van der Waals surface area contributed by atoms with Crippen LogP contribution >= 0.6 is 0 Å². The van der Waals surface area contributed by atoms with Gasteiger partial charge in [0.2, 0.25) is 5.60 Å². The molecule has 1 heterocycles. The topological polar surface area (TPSA) is 59.3 Å². The molecule has 1 rings (SSSR count). The van der Waals surface area contributed by atoms with Crippen molar-refractivity contribution in [2.45, 2.75) is 31.2 Å². The Morgan fingerprint density at radius 1 is 1.50 bits per heavy atom. The van der Waals surface area contributed by atoms with Crippen LogP contribution in [0.4, 0.5) is 13.2 Å². The molecule has 2 unspecified atom stereocenters. The molecule has 116 valence electrons. The van der Waals surface area contributed by atoms with Crippen LogP contribution in [0.3, 0.4) is 0 Å². The van der Waals surface area contributed by atoms with Gasteiger partial charge in [0.1, 0.15) is 5.82 Å². The standard InChI is InChI=1S/C12H20F3N3O2/c1-9(8-20-3)16-5-4-11(19,12(13,14)15)10-17-6-7-18(10)2/h6-7,9,16,19H,4-5,8H2,1-3H3. The normalized spacial score (nSPS) is 16.9. The van der Waals surface area contributed by atoms with Crippen molar-refractivity contribution in [2.24, 2.45) is 7.05 Å². The van der Waals surface area contributed by atoms with Gasteiger partial charge in [-0.3, -0.25) is 0 Å². The summed E-state index contributed by atoms with van der Waals surface area (Å²) < 4.78 is 45.5. The number of rotatable bonds is 7. The number of ether oxygens (including phenoxy) is 1. The Morgan fingerprint density at radius 2 is 2.15 bits per heavy atom. The number of methoxy groups -OCH3 is 1. The van der Waals surface area contributed by atoms with Crippen LogP contribution in [0.1, 0.15) is 19.2 Å². The van der Waals surface area contributed by atoms with Crippen molar-refractivity contribution in [2.75, 3.05) is 20.3 Å². The second-order valence-electron chi connectivity index (χ2n) is 4.78. The number of nitrogens with one attached hydrogen (secondary N) is 1. The summed E-state index contributed by atoms with van der Waals surface area (Å²) in [5.41, 5.74) is -2.97. The van der Waals surface area contributed by atoms with Crippen LogP contribution in [-0.4, -0.2) is 47.1 Å². The van der Waals surface area contributed by atoms with E-state index in [1.54, 1.807) is 6.92 Å². The van der Waals surface area contributed by atoms with Gasteiger partial charge < -0.3 is 19.7 Å². The van der Waals surface area contributed by atoms with Gasteiger partial charge in [0.15, 0.2) is 0 Å². The minimum atomic E-state index is -4.79. The Balaban J connectivity index is 2.79. The van der Waals surface area contributed by atoms with Crippen LogP contribution in [0.25, 0.3) is 0 Å². The summed E-state index contributed by atoms with van der Waals surface area (Å²) in [5, 5.41) is 12.9. The molecule has 0 aromatic carbocycles. The maximum atomic E-state index is 13.2. The molecule has 0 spiro atoms. The molecular formula is C12H20F3N3O2. The van der Waals surface area contributed by atoms with E-state index < -0.39 is 24.0 Å². The van der Waals surface area contributed by atoms with Crippen molar-refractivity contribution < 1.29 is 23.0 Å². The zero-order valence-electron chi connectivity index (χ0n) is 11.7. The molecule has 5 nitrogen and oxygen atoms in total. The Morgan fingerprint density at radius 3 is 2.60 bits per heavy atom. The molecule has 1 aromatic heterocycles. The predicted octanol–water partition coefficient (Wildman–Crippen LogP) is 1.18. The molecule has 20 heavy (non-hydrogen) atoms. The number of alkyl halides is 3. The molecule has 0 aliphatic carbocycles. The SMILES string of the molecule is COCC(C)NCCC(O)(c1nccn1C)C(F)(F)F. The Kier molecular flexibility index (Phi) is 5.55. The average molecular weight is 295 g/mol. The summed E-state index contributed by atoms with van der Waals surface area (Å²) in [6.45, 7) is 2.16. The molecule has 8 heteroatoms. The van der Waals surface area contributed by atoms with Crippen molar-refractivity contribution in [3.05, 3.63) is 18.2 Å². The smallest absolute Gasteiger partial charge is 0.383 e. The molecule has 0 saturated heterocycles. The third kappa shape index (κ3) is 3.71. The minimum Gasteiger partial charge on any atom is -0.383 e. The Bertz CT molecular complexity index is 422. The van der Waals surface area contributed by atoms with E-state index in [4.69, 9.17) is 4.74 Å². The average Bonchev–Trinajstić information content (AvgIpc) is 2.74. The number of hydrogen-bond donors (Lipinski definition) is 2. The molecule has 0 fully saturated rings. The maximum absolute atomic E-state index is 13.2. The summed E-state index contributed by atoms with van der Waals surface area (Å²) >= 11 is 0. The summed E-state index contributed by atoms with van der Waals surface area (Å²) in [5.74, 6) is -0.411. The Labute approximate surface area is 115 Å². The summed E-state index contributed by atoms with van der Waals surface area (Å²) in [7, 11) is 2.93. The zero-order valence-corrected chi connectivity index (χ0v) is 11.7. The van der Waals surface area contributed by atoms with Crippen molar-refractivity contribution in [3.63, 3.8) is 0 Å². The van der Waals surface area contributed by atoms with Gasteiger partial charge in [-0.25, -0.2) is 4.98 Å². The van der Waals surface area contributed by atoms with Crippen LogP contribution in [0.5, 0.6) is 0 Å². The lowest BCUT2D eigenvalue weighted by molar-refractivity contribution is -0.272. The van der Waals surface area contributed by atoms with Gasteiger partial charge in [-0.2, -0.15) is 13.2 Å². The van der Waals surface area contributed by atoms with Crippen molar-refractivity contribution in [1.29, 1.82) is 0 Å². The van der Waals surface area contributed by atoms with E-state index in [9.17, 15) is 18.3 Å². The molecule has 2 atom stereocenters. The van der Waals surface area contributed by atoms with E-state index in [0.717, 1.165) is 0 Å². The van der Waals surface area contributed by atoms with E-state index >= 15 is 0 Å². The number of hydrogen-bond acceptors (Lipinski definition) is 4. The summed E-state index contributed by atoms with van der Waals surface area (Å²) in [4.78, 5) is 3.63. The van der Waals surface area contributed by atoms with Crippen molar-refractivity contribution in [3.8, 4) is 0 Å². The monoisotopic (exact) mass is 295 g/mol. The van der Waals surface area contributed by atoms with Crippen LogP contribution in [0.15, 0.2) is 12.4 Å². The first-order valence-corrected chi connectivity index (χ1v) is 6.21. The second-order valence-corrected chi connectivity index (χ2v) is 4.78. The first-order chi connectivity index (χ1) is 9.22. The van der Waals surface area contributed by atoms with Crippen LogP contribution in [0.2, 0.25) is 0 Å². The zero-order chi connectivity index (χ0) is 15.4. The highest BCUT2D eigenvalue weighted by atomic mass is 19.4. The van der Waals surface area contributed by atoms with Crippen molar-refractivity contribution in [1.82, 2.24) is 14.9 Å². The molecule has 1 aromatic rings. The van der Waals surface area contributed by atoms with Gasteiger partial charge in [-0.05, 0) is 13.5 Å². The molecule has 0 saturated carbocycles. The van der Waals surface area contributed by atoms with E-state index in [1.807, 2.05) is 0 Å². The molecule has 2 N–H and O–H groups in total. The summed E-state index contributed by atoms with van der Waals surface area (Å²) in [6.07, 6.45) is -2.71. The molecule has 0 radical (unpaired) electrons. The quantitative estimate of drug-likeness (QED) is 0.793. The lowest BCUT2D eigenvalue weighted by Gasteiger charge is -2.30. The molecular weight excluding hydrogens is 275 g/mol. The van der Waals surface area contributed by atoms with Crippen LogP contribution in [0, 0.1) is 0 Å². The third-order valence-corrected chi connectivity index (χ3v) is 3.06. The summed E-state index contributed by atoms with van der Waals surface area (Å²) in [6, 6.07) is -0.0983. The fourth-order valence-electron chi connectivity index (χ4n) is 1.95. The van der Waals surface area contributed by atoms with Crippen LogP contribution < -0.4 is 5.32 Å². The van der Waals surface area contributed by atoms with E-state index in [2.05, 4.69) is 10.3 Å². The largest absolute Gasteiger partial charge is 0.424 e. The number of aryl methyl sites for hydroxylation is 1. The van der Waals surface area contributed by atoms with Gasteiger partial charge >= 0.3 is 6.18 Å². The molecule has 0 aliphatic heterocycles. The van der Waals surface area contributed by atoms with E-state index in [0.29, 0.717) is 6.61 Å². The lowest BCUT2D eigenvalue weighted by Crippen LogP contribution is -2.47. The first kappa shape index (κ1) is 16.9. The van der Waals surface area contributed by atoms with E-state index in [-0.39, 0.29) is 12.6 Å². The third-order valence-electron chi connectivity index (χ3n) is 3.06. The second kappa shape index (κ2) is 6.55. The Hall–Kier alpha value is -1.12. The number of imidazole rings is 1. The fourth-order valence-corrected chi connectivity index (χ4v) is 1.95. The fraction of sp³-hybridized carbons (Fsp3) is 0.750. The molecule has 0 aliphatic rings. The highest BCUT2D eigenvalue weighted by Gasteiger charge is 2.56. The maximum Gasteiger partial charge on any atom is 0.424 e. The lowest BCUT2D eigenvalue weighted by atomic mass is 9.97. The van der Waals surface area contributed by atoms with E-state index in [1.165, 1.54) is 31.1 Å². The van der Waals surface area contributed by atoms with Crippen molar-refractivity contribution >= 4 is 0 Å². The number of halogens is 3. The van der Waals surface area contributed by atoms with Crippen LogP contribution in [-0.2, 0) is 17.4 Å². The highest BCUT2D eigenvalue weighted by molar-refractivity contribution is 5.08. The minimum absolute atomic E-state index is 0.00655. The number of nitrogens with zero attached hydrogens (tertiary/aromatic N) is 2. The number of aromatic nitrogens is 2. The predicted molar refractivity (Wildman–Crippen MR) is 67.1 cm³/mol. The molecule has 0 bridgehead atoms. The first-order valence-electron chi connectivity index (χ1n) is 6.21.